The van der Waals surface area contributed by atoms with Gasteiger partial charge in [-0.2, -0.15) is 0 Å². The predicted molar refractivity (Wildman–Crippen MR) is 110 cm³/mol. The number of hydrogen-bond donors (Lipinski definition) is 0. The molecule has 2 unspecified atom stereocenters. The van der Waals surface area contributed by atoms with Gasteiger partial charge in [-0.15, -0.1) is 0 Å². The highest BCUT2D eigenvalue weighted by Gasteiger charge is 2.53. The fourth-order valence-electron chi connectivity index (χ4n) is 4.95. The molecule has 2 atom stereocenters. The van der Waals surface area contributed by atoms with Crippen molar-refractivity contribution >= 4 is 5.91 Å². The number of nitrogens with zero attached hydrogens (tertiary/aromatic N) is 4. The number of carbonyl (C=O) groups is 1. The van der Waals surface area contributed by atoms with Crippen molar-refractivity contribution in [2.24, 2.45) is 11.3 Å². The van der Waals surface area contributed by atoms with Crippen molar-refractivity contribution in [1.29, 1.82) is 0 Å². The van der Waals surface area contributed by atoms with E-state index < -0.39 is 0 Å². The minimum Gasteiger partial charge on any atom is -0.338 e. The number of hydrogen-bond acceptors (Lipinski definition) is 4. The number of aryl methyl sites for hydroxylation is 2. The van der Waals surface area contributed by atoms with Gasteiger partial charge in [-0.05, 0) is 59.8 Å². The van der Waals surface area contributed by atoms with E-state index in [9.17, 15) is 4.79 Å². The number of carbonyl (C=O) groups excluding carboxylic acids is 1. The summed E-state index contributed by atoms with van der Waals surface area (Å²) in [7, 11) is 4.29. The summed E-state index contributed by atoms with van der Waals surface area (Å²) < 4.78 is 0. The number of aromatic nitrogens is 1. The van der Waals surface area contributed by atoms with E-state index in [1.807, 2.05) is 26.0 Å². The molecule has 0 aromatic carbocycles. The quantitative estimate of drug-likeness (QED) is 0.747. The summed E-state index contributed by atoms with van der Waals surface area (Å²) in [5.41, 5.74) is 4.14. The molecule has 5 heteroatoms. The molecule has 0 spiro atoms. The van der Waals surface area contributed by atoms with Crippen LogP contribution < -0.4 is 0 Å². The second kappa shape index (κ2) is 7.72. The van der Waals surface area contributed by atoms with E-state index in [1.165, 1.54) is 5.57 Å². The molecule has 1 aromatic rings. The zero-order valence-corrected chi connectivity index (χ0v) is 17.7. The van der Waals surface area contributed by atoms with Gasteiger partial charge in [-0.1, -0.05) is 11.6 Å². The van der Waals surface area contributed by atoms with E-state index in [1.54, 1.807) is 0 Å². The second-order valence-electron chi connectivity index (χ2n) is 8.87. The van der Waals surface area contributed by atoms with Crippen LogP contribution in [0.3, 0.4) is 0 Å². The second-order valence-corrected chi connectivity index (χ2v) is 8.87. The lowest BCUT2D eigenvalue weighted by Gasteiger charge is -2.32. The van der Waals surface area contributed by atoms with Crippen LogP contribution in [0.4, 0.5) is 0 Å². The molecule has 0 N–H and O–H groups in total. The van der Waals surface area contributed by atoms with Gasteiger partial charge in [0.15, 0.2) is 0 Å². The summed E-state index contributed by atoms with van der Waals surface area (Å²) in [6, 6.07) is 3.88. The number of amides is 1. The van der Waals surface area contributed by atoms with Gasteiger partial charge in [0.2, 0.25) is 0 Å². The van der Waals surface area contributed by atoms with Gasteiger partial charge >= 0.3 is 0 Å². The van der Waals surface area contributed by atoms with Gasteiger partial charge in [-0.25, -0.2) is 0 Å². The minimum absolute atomic E-state index is 0.142. The summed E-state index contributed by atoms with van der Waals surface area (Å²) in [5.74, 6) is 0.677. The van der Waals surface area contributed by atoms with Crippen LogP contribution in [-0.2, 0) is 0 Å². The Hall–Kier alpha value is -1.72. The Kier molecular flexibility index (Phi) is 5.73. The van der Waals surface area contributed by atoms with Crippen molar-refractivity contribution in [3.63, 3.8) is 0 Å². The van der Waals surface area contributed by atoms with Crippen LogP contribution in [0, 0.1) is 25.2 Å². The smallest absolute Gasteiger partial charge is 0.255 e. The first kappa shape index (κ1) is 20.0. The molecular weight excluding hydrogens is 336 g/mol. The normalized spacial score (nSPS) is 26.1. The maximum absolute atomic E-state index is 13.2. The molecule has 2 aliphatic rings. The van der Waals surface area contributed by atoms with E-state index in [-0.39, 0.29) is 11.3 Å². The molecule has 2 aliphatic heterocycles. The Morgan fingerprint density at radius 2 is 2.04 bits per heavy atom. The number of allylic oxidation sites excluding steroid dienone is 1. The average molecular weight is 371 g/mol. The van der Waals surface area contributed by atoms with Gasteiger partial charge in [0.05, 0.1) is 11.3 Å². The van der Waals surface area contributed by atoms with Gasteiger partial charge in [0.25, 0.3) is 5.91 Å². The molecule has 27 heavy (non-hydrogen) atoms. The molecule has 148 valence electrons. The summed E-state index contributed by atoms with van der Waals surface area (Å²) in [4.78, 5) is 24.6. The minimum atomic E-state index is 0.142. The van der Waals surface area contributed by atoms with Crippen LogP contribution >= 0.6 is 0 Å². The summed E-state index contributed by atoms with van der Waals surface area (Å²) >= 11 is 0. The van der Waals surface area contributed by atoms with Crippen molar-refractivity contribution in [3.05, 3.63) is 40.7 Å². The zero-order chi connectivity index (χ0) is 19.8. The first-order chi connectivity index (χ1) is 12.7. The molecule has 2 fully saturated rings. The van der Waals surface area contributed by atoms with Crippen molar-refractivity contribution in [2.75, 3.05) is 53.4 Å². The van der Waals surface area contributed by atoms with Gasteiger partial charge in [0.1, 0.15) is 0 Å². The van der Waals surface area contributed by atoms with Crippen molar-refractivity contribution in [2.45, 2.75) is 27.7 Å². The summed E-state index contributed by atoms with van der Waals surface area (Å²) in [5, 5.41) is 0. The summed E-state index contributed by atoms with van der Waals surface area (Å²) in [6.07, 6.45) is 2.20. The SMILES string of the molecule is C/C=C(\C)CN1CC2CN(C(=O)c3ccc(C)nc3C)CC2(CN(C)C)C1. The first-order valence-electron chi connectivity index (χ1n) is 9.96. The Labute approximate surface area is 164 Å². The van der Waals surface area contributed by atoms with Crippen molar-refractivity contribution < 1.29 is 4.79 Å². The molecule has 1 aromatic heterocycles. The monoisotopic (exact) mass is 370 g/mol. The Bertz CT molecular complexity index is 742. The van der Waals surface area contributed by atoms with Crippen LogP contribution in [0.2, 0.25) is 0 Å². The highest BCUT2D eigenvalue weighted by molar-refractivity contribution is 5.95. The third kappa shape index (κ3) is 4.09. The summed E-state index contributed by atoms with van der Waals surface area (Å²) in [6.45, 7) is 14.1. The van der Waals surface area contributed by atoms with E-state index in [4.69, 9.17) is 0 Å². The lowest BCUT2D eigenvalue weighted by Crippen LogP contribution is -2.43. The largest absolute Gasteiger partial charge is 0.338 e. The molecule has 2 saturated heterocycles. The van der Waals surface area contributed by atoms with Crippen molar-refractivity contribution in [1.82, 2.24) is 19.7 Å². The number of likely N-dealkylation sites (tertiary alicyclic amines) is 2. The molecule has 0 bridgehead atoms. The molecular formula is C22H34N4O. The maximum atomic E-state index is 13.2. The molecule has 1 amide bonds. The number of pyridine rings is 1. The topological polar surface area (TPSA) is 39.7 Å². The Morgan fingerprint density at radius 1 is 1.30 bits per heavy atom. The fourth-order valence-corrected chi connectivity index (χ4v) is 4.95. The van der Waals surface area contributed by atoms with Gasteiger partial charge in [0, 0.05) is 50.4 Å². The standard InChI is InChI=1S/C22H34N4O/c1-7-16(2)10-25-11-19-12-26(15-22(19,14-25)13-24(5)6)21(27)20-9-8-17(3)23-18(20)4/h7-9,19H,10-15H2,1-6H3/b16-7+. The van der Waals surface area contributed by atoms with Gasteiger partial charge in [-0.3, -0.25) is 14.7 Å². The van der Waals surface area contributed by atoms with E-state index in [2.05, 4.69) is 53.7 Å². The molecule has 0 radical (unpaired) electrons. The van der Waals surface area contributed by atoms with Crippen LogP contribution in [0.15, 0.2) is 23.8 Å². The predicted octanol–water partition coefficient (Wildman–Crippen LogP) is 2.60. The van der Waals surface area contributed by atoms with Crippen molar-refractivity contribution in [3.8, 4) is 0 Å². The lowest BCUT2D eigenvalue weighted by atomic mass is 9.80. The van der Waals surface area contributed by atoms with Gasteiger partial charge < -0.3 is 9.80 Å². The van der Waals surface area contributed by atoms with Crippen LogP contribution in [0.5, 0.6) is 0 Å². The maximum Gasteiger partial charge on any atom is 0.255 e. The number of fused-ring (bicyclic) bond motifs is 1. The molecule has 5 nitrogen and oxygen atoms in total. The molecule has 3 rings (SSSR count). The zero-order valence-electron chi connectivity index (χ0n) is 17.7. The molecule has 0 aliphatic carbocycles. The van der Waals surface area contributed by atoms with E-state index >= 15 is 0 Å². The average Bonchev–Trinajstić information content (AvgIpc) is 3.06. The Morgan fingerprint density at radius 3 is 2.67 bits per heavy atom. The highest BCUT2D eigenvalue weighted by Crippen LogP contribution is 2.43. The highest BCUT2D eigenvalue weighted by atomic mass is 16.2. The van der Waals surface area contributed by atoms with Crippen LogP contribution in [0.1, 0.15) is 35.6 Å². The van der Waals surface area contributed by atoms with E-state index in [0.717, 1.165) is 56.2 Å². The van der Waals surface area contributed by atoms with Crippen LogP contribution in [-0.4, -0.2) is 79.0 Å². The third-order valence-electron chi connectivity index (χ3n) is 6.17. The lowest BCUT2D eigenvalue weighted by molar-refractivity contribution is 0.0749. The Balaban J connectivity index is 1.79. The number of rotatable bonds is 5. The molecule has 3 heterocycles. The molecule has 0 saturated carbocycles. The third-order valence-corrected chi connectivity index (χ3v) is 6.17. The van der Waals surface area contributed by atoms with Crippen LogP contribution in [0.25, 0.3) is 0 Å². The fraction of sp³-hybridized carbons (Fsp3) is 0.636. The first-order valence-corrected chi connectivity index (χ1v) is 9.96. The van der Waals surface area contributed by atoms with E-state index in [0.29, 0.717) is 5.92 Å².